The minimum absolute atomic E-state index is 0.0151. The summed E-state index contributed by atoms with van der Waals surface area (Å²) in [5.41, 5.74) is 0.281. The van der Waals surface area contributed by atoms with Crippen LogP contribution >= 0.6 is 0 Å². The van der Waals surface area contributed by atoms with Crippen LogP contribution < -0.4 is 5.32 Å². The maximum Gasteiger partial charge on any atom is 0.396 e. The van der Waals surface area contributed by atoms with E-state index in [0.29, 0.717) is 0 Å². The van der Waals surface area contributed by atoms with E-state index in [1.54, 1.807) is 0 Å². The number of unbranched alkanes of at least 4 members (excludes halogenated alkanes) is 1. The molecule has 0 aliphatic heterocycles. The van der Waals surface area contributed by atoms with Crippen molar-refractivity contribution in [2.45, 2.75) is 46.5 Å². The third-order valence-electron chi connectivity index (χ3n) is 3.15. The van der Waals surface area contributed by atoms with Crippen molar-refractivity contribution >= 4 is 17.8 Å². The maximum absolute atomic E-state index is 11.5. The van der Waals surface area contributed by atoms with Crippen molar-refractivity contribution in [3.8, 4) is 0 Å². The minimum atomic E-state index is -0.902. The van der Waals surface area contributed by atoms with Crippen molar-refractivity contribution in [2.75, 3.05) is 19.8 Å². The number of amides is 1. The van der Waals surface area contributed by atoms with Gasteiger partial charge in [0.2, 0.25) is 0 Å². The number of nitrogens with one attached hydrogen (secondary N) is 1. The molecule has 0 heterocycles. The van der Waals surface area contributed by atoms with Gasteiger partial charge in [-0.25, -0.2) is 9.59 Å². The summed E-state index contributed by atoms with van der Waals surface area (Å²) in [6, 6.07) is 0. The van der Waals surface area contributed by atoms with Crippen LogP contribution in [-0.2, 0) is 23.9 Å². The van der Waals surface area contributed by atoms with Gasteiger partial charge in [-0.05, 0) is 19.3 Å². The highest BCUT2D eigenvalue weighted by molar-refractivity contribution is 6.32. The summed E-state index contributed by atoms with van der Waals surface area (Å²) in [4.78, 5) is 34.1. The molecule has 0 aromatic heterocycles. The highest BCUT2D eigenvalue weighted by Gasteiger charge is 2.17. The molecule has 6 nitrogen and oxygen atoms in total. The van der Waals surface area contributed by atoms with Crippen LogP contribution in [0.5, 0.6) is 0 Å². The second-order valence-corrected chi connectivity index (χ2v) is 5.19. The Bertz CT molecular complexity index is 392. The summed E-state index contributed by atoms with van der Waals surface area (Å²) >= 11 is 0. The van der Waals surface area contributed by atoms with E-state index < -0.39 is 17.8 Å². The molecule has 0 aromatic rings. The van der Waals surface area contributed by atoms with Crippen molar-refractivity contribution in [1.82, 2.24) is 5.32 Å². The van der Waals surface area contributed by atoms with Crippen molar-refractivity contribution in [3.63, 3.8) is 0 Å². The molecule has 1 unspecified atom stereocenters. The van der Waals surface area contributed by atoms with Crippen LogP contribution in [0.3, 0.4) is 0 Å². The molecular weight excluding hydrogens is 286 g/mol. The third kappa shape index (κ3) is 9.15. The first kappa shape index (κ1) is 20.1. The van der Waals surface area contributed by atoms with Crippen molar-refractivity contribution in [3.05, 3.63) is 12.2 Å². The third-order valence-corrected chi connectivity index (χ3v) is 3.15. The number of carbonyl (C=O) groups excluding carboxylic acids is 3. The van der Waals surface area contributed by atoms with E-state index in [2.05, 4.69) is 18.8 Å². The molecule has 0 aliphatic carbocycles. The van der Waals surface area contributed by atoms with Gasteiger partial charge in [0.25, 0.3) is 0 Å². The van der Waals surface area contributed by atoms with E-state index >= 15 is 0 Å². The molecule has 0 saturated heterocycles. The zero-order valence-electron chi connectivity index (χ0n) is 13.8. The number of ether oxygens (including phenoxy) is 2. The van der Waals surface area contributed by atoms with Crippen LogP contribution in [-0.4, -0.2) is 37.6 Å². The molecule has 0 fully saturated rings. The van der Waals surface area contributed by atoms with Crippen molar-refractivity contribution in [1.29, 1.82) is 0 Å². The Morgan fingerprint density at radius 2 is 1.82 bits per heavy atom. The predicted octanol–water partition coefficient (Wildman–Crippen LogP) is 1.98. The van der Waals surface area contributed by atoms with Crippen LogP contribution in [0.25, 0.3) is 0 Å². The van der Waals surface area contributed by atoms with Gasteiger partial charge in [0.1, 0.15) is 6.61 Å². The first-order valence-corrected chi connectivity index (χ1v) is 7.69. The van der Waals surface area contributed by atoms with Crippen LogP contribution in [0.2, 0.25) is 0 Å². The first-order valence-electron chi connectivity index (χ1n) is 7.69. The summed E-state index contributed by atoms with van der Waals surface area (Å²) in [5.74, 6) is -1.97. The van der Waals surface area contributed by atoms with Gasteiger partial charge < -0.3 is 14.8 Å². The average Bonchev–Trinajstić information content (AvgIpc) is 2.50. The quantitative estimate of drug-likeness (QED) is 0.289. The van der Waals surface area contributed by atoms with Crippen LogP contribution in [0.1, 0.15) is 46.5 Å². The van der Waals surface area contributed by atoms with Crippen LogP contribution in [0.15, 0.2) is 12.2 Å². The van der Waals surface area contributed by atoms with E-state index in [9.17, 15) is 14.4 Å². The molecule has 0 saturated carbocycles. The Morgan fingerprint density at radius 3 is 2.36 bits per heavy atom. The second-order valence-electron chi connectivity index (χ2n) is 5.19. The number of hydrogen-bond acceptors (Lipinski definition) is 5. The van der Waals surface area contributed by atoms with Gasteiger partial charge in [-0.1, -0.05) is 39.7 Å². The Balaban J connectivity index is 3.89. The molecule has 0 aromatic carbocycles. The Morgan fingerprint density at radius 1 is 1.14 bits per heavy atom. The highest BCUT2D eigenvalue weighted by Crippen LogP contribution is 2.12. The molecule has 0 rings (SSSR count). The number of carbonyl (C=O) groups is 3. The first-order chi connectivity index (χ1) is 10.4. The van der Waals surface area contributed by atoms with Gasteiger partial charge in [0, 0.05) is 5.57 Å². The van der Waals surface area contributed by atoms with Crippen LogP contribution in [0.4, 0.5) is 0 Å². The molecule has 0 aliphatic rings. The molecule has 22 heavy (non-hydrogen) atoms. The summed E-state index contributed by atoms with van der Waals surface area (Å²) in [6.07, 6.45) is 4.06. The largest absolute Gasteiger partial charge is 0.460 e. The van der Waals surface area contributed by atoms with Crippen molar-refractivity contribution < 1.29 is 23.9 Å². The zero-order valence-corrected chi connectivity index (χ0v) is 13.8. The van der Waals surface area contributed by atoms with Crippen molar-refractivity contribution in [2.24, 2.45) is 5.92 Å². The summed E-state index contributed by atoms with van der Waals surface area (Å²) in [6.45, 7) is 9.39. The zero-order chi connectivity index (χ0) is 17.0. The van der Waals surface area contributed by atoms with E-state index in [4.69, 9.17) is 9.47 Å². The SMILES string of the molecule is C=C(C)C(=O)OCCNC(=O)C(=O)OCC(CC)CCCC. The number of rotatable bonds is 10. The minimum Gasteiger partial charge on any atom is -0.460 e. The highest BCUT2D eigenvalue weighted by atomic mass is 16.5. The van der Waals surface area contributed by atoms with Gasteiger partial charge in [0.05, 0.1) is 13.2 Å². The van der Waals surface area contributed by atoms with E-state index in [1.165, 1.54) is 6.92 Å². The predicted molar refractivity (Wildman–Crippen MR) is 83.0 cm³/mol. The fourth-order valence-corrected chi connectivity index (χ4v) is 1.66. The average molecular weight is 313 g/mol. The van der Waals surface area contributed by atoms with Gasteiger partial charge in [-0.3, -0.25) is 4.79 Å². The molecule has 1 amide bonds. The Kier molecular flexibility index (Phi) is 10.8. The molecule has 1 N–H and O–H groups in total. The summed E-state index contributed by atoms with van der Waals surface area (Å²) < 4.78 is 9.79. The molecule has 6 heteroatoms. The van der Waals surface area contributed by atoms with Gasteiger partial charge in [0.15, 0.2) is 0 Å². The smallest absolute Gasteiger partial charge is 0.396 e. The lowest BCUT2D eigenvalue weighted by molar-refractivity contribution is -0.156. The fourth-order valence-electron chi connectivity index (χ4n) is 1.66. The lowest BCUT2D eigenvalue weighted by Crippen LogP contribution is -2.35. The molecule has 126 valence electrons. The summed E-state index contributed by atoms with van der Waals surface area (Å²) in [7, 11) is 0. The van der Waals surface area contributed by atoms with Gasteiger partial charge in [-0.15, -0.1) is 0 Å². The monoisotopic (exact) mass is 313 g/mol. The Hall–Kier alpha value is -1.85. The van der Waals surface area contributed by atoms with Crippen LogP contribution in [0, 0.1) is 5.92 Å². The van der Waals surface area contributed by atoms with E-state index in [-0.39, 0.29) is 31.2 Å². The molecule has 0 spiro atoms. The lowest BCUT2D eigenvalue weighted by atomic mass is 10.0. The van der Waals surface area contributed by atoms with Gasteiger partial charge in [-0.2, -0.15) is 0 Å². The molecule has 0 bridgehead atoms. The maximum atomic E-state index is 11.5. The molecular formula is C16H27NO5. The standard InChI is InChI=1S/C16H27NO5/c1-5-7-8-13(6-2)11-22-16(20)14(18)17-9-10-21-15(19)12(3)4/h13H,3,5-11H2,1-2,4H3,(H,17,18). The second kappa shape index (κ2) is 11.8. The summed E-state index contributed by atoms with van der Waals surface area (Å²) in [5, 5.41) is 2.34. The number of hydrogen-bond donors (Lipinski definition) is 1. The normalized spacial score (nSPS) is 11.4. The lowest BCUT2D eigenvalue weighted by Gasteiger charge is -2.14. The fraction of sp³-hybridized carbons (Fsp3) is 0.688. The van der Waals surface area contributed by atoms with E-state index in [1.807, 2.05) is 6.92 Å². The Labute approximate surface area is 132 Å². The molecule has 1 atom stereocenters. The van der Waals surface area contributed by atoms with Gasteiger partial charge >= 0.3 is 17.8 Å². The molecule has 0 radical (unpaired) electrons. The number of esters is 2. The van der Waals surface area contributed by atoms with E-state index in [0.717, 1.165) is 25.7 Å². The topological polar surface area (TPSA) is 81.7 Å².